The first-order chi connectivity index (χ1) is 11.1. The van der Waals surface area contributed by atoms with E-state index in [-0.39, 0.29) is 5.75 Å². The van der Waals surface area contributed by atoms with Crippen LogP contribution in [0.5, 0.6) is 5.75 Å². The van der Waals surface area contributed by atoms with E-state index >= 15 is 0 Å². The predicted molar refractivity (Wildman–Crippen MR) is 94.1 cm³/mol. The van der Waals surface area contributed by atoms with Gasteiger partial charge in [-0.2, -0.15) is 0 Å². The molecule has 23 heavy (non-hydrogen) atoms. The number of rotatable bonds is 3. The number of phenols is 1. The van der Waals surface area contributed by atoms with Gasteiger partial charge in [0, 0.05) is 5.56 Å². The minimum absolute atomic E-state index is 0.178. The van der Waals surface area contributed by atoms with E-state index in [1.807, 2.05) is 30.3 Å². The molecule has 3 rings (SSSR count). The summed E-state index contributed by atoms with van der Waals surface area (Å²) in [5.41, 5.74) is 2.89. The summed E-state index contributed by atoms with van der Waals surface area (Å²) in [6, 6.07) is 19.4. The quantitative estimate of drug-likeness (QED) is 0.663. The van der Waals surface area contributed by atoms with Gasteiger partial charge < -0.3 is 10.2 Å². The molecule has 3 aromatic rings. The fourth-order valence-corrected chi connectivity index (χ4v) is 3.20. The van der Waals surface area contributed by atoms with Gasteiger partial charge in [0.05, 0.1) is 10.0 Å². The molecular weight excluding hydrogens is 331 g/mol. The fraction of sp³-hybridized carbons (Fsp3) is 0.0526. The number of phenolic OH excluding ortho intramolecular Hbond substituents is 1. The molecule has 2 N–H and O–H groups in total. The number of hydrogen-bond acceptors (Lipinski definition) is 2. The molecule has 1 unspecified atom stereocenters. The second-order valence-electron chi connectivity index (χ2n) is 5.22. The number of benzene rings is 3. The molecule has 0 aromatic heterocycles. The standard InChI is InChI=1S/C19H14Cl2O2/c20-16-10-14(19(23)13-4-2-1-3-5-13)11-17(21)18(16)12-6-8-15(22)9-7-12/h1-11,19,22-23H. The first kappa shape index (κ1) is 15.9. The molecule has 0 aliphatic carbocycles. The third kappa shape index (κ3) is 3.35. The second kappa shape index (κ2) is 6.63. The van der Waals surface area contributed by atoms with E-state index in [0.29, 0.717) is 21.2 Å². The predicted octanol–water partition coefficient (Wildman–Crippen LogP) is 5.45. The van der Waals surface area contributed by atoms with Crippen molar-refractivity contribution in [3.8, 4) is 16.9 Å². The van der Waals surface area contributed by atoms with E-state index in [9.17, 15) is 10.2 Å². The summed E-state index contributed by atoms with van der Waals surface area (Å²) in [5, 5.41) is 20.8. The summed E-state index contributed by atoms with van der Waals surface area (Å²) in [5.74, 6) is 0.178. The molecule has 0 bridgehead atoms. The molecule has 1 atom stereocenters. The van der Waals surface area contributed by atoms with Gasteiger partial charge in [-0.05, 0) is 41.0 Å². The van der Waals surface area contributed by atoms with Crippen molar-refractivity contribution >= 4 is 23.2 Å². The molecule has 0 saturated carbocycles. The first-order valence-corrected chi connectivity index (χ1v) is 7.83. The number of hydrogen-bond donors (Lipinski definition) is 2. The van der Waals surface area contributed by atoms with Crippen LogP contribution in [0.4, 0.5) is 0 Å². The van der Waals surface area contributed by atoms with Crippen LogP contribution < -0.4 is 0 Å². The maximum absolute atomic E-state index is 10.5. The van der Waals surface area contributed by atoms with Crippen LogP contribution in [0, 0.1) is 0 Å². The van der Waals surface area contributed by atoms with Crippen molar-refractivity contribution in [1.29, 1.82) is 0 Å². The molecule has 0 heterocycles. The monoisotopic (exact) mass is 344 g/mol. The van der Waals surface area contributed by atoms with Crippen LogP contribution in [0.15, 0.2) is 66.7 Å². The topological polar surface area (TPSA) is 40.5 Å². The Hall–Kier alpha value is -2.00. The van der Waals surface area contributed by atoms with E-state index in [0.717, 1.165) is 11.1 Å². The molecular formula is C19H14Cl2O2. The minimum atomic E-state index is -0.792. The third-order valence-corrected chi connectivity index (χ3v) is 4.25. The largest absolute Gasteiger partial charge is 0.508 e. The minimum Gasteiger partial charge on any atom is -0.508 e. The average molecular weight is 345 g/mol. The van der Waals surface area contributed by atoms with E-state index < -0.39 is 6.10 Å². The average Bonchev–Trinajstić information content (AvgIpc) is 2.56. The highest BCUT2D eigenvalue weighted by Crippen LogP contribution is 2.38. The van der Waals surface area contributed by atoms with Crippen LogP contribution in [-0.4, -0.2) is 10.2 Å². The Morgan fingerprint density at radius 2 is 1.30 bits per heavy atom. The van der Waals surface area contributed by atoms with E-state index in [1.165, 1.54) is 0 Å². The SMILES string of the molecule is Oc1ccc(-c2c(Cl)cc(C(O)c3ccccc3)cc2Cl)cc1. The van der Waals surface area contributed by atoms with Crippen LogP contribution in [0.2, 0.25) is 10.0 Å². The lowest BCUT2D eigenvalue weighted by Crippen LogP contribution is -2.00. The van der Waals surface area contributed by atoms with Gasteiger partial charge in [-0.3, -0.25) is 0 Å². The Labute approximate surface area is 144 Å². The maximum atomic E-state index is 10.5. The third-order valence-electron chi connectivity index (χ3n) is 3.65. The zero-order valence-electron chi connectivity index (χ0n) is 12.1. The molecule has 116 valence electrons. The van der Waals surface area contributed by atoms with Crippen molar-refractivity contribution in [2.45, 2.75) is 6.10 Å². The maximum Gasteiger partial charge on any atom is 0.115 e. The molecule has 0 aliphatic rings. The van der Waals surface area contributed by atoms with Crippen LogP contribution in [-0.2, 0) is 0 Å². The summed E-state index contributed by atoms with van der Waals surface area (Å²) in [6.45, 7) is 0. The van der Waals surface area contributed by atoms with Gasteiger partial charge >= 0.3 is 0 Å². The molecule has 4 heteroatoms. The molecule has 0 saturated heterocycles. The highest BCUT2D eigenvalue weighted by atomic mass is 35.5. The Balaban J connectivity index is 2.02. The van der Waals surface area contributed by atoms with Crippen molar-refractivity contribution in [2.24, 2.45) is 0 Å². The number of aromatic hydroxyl groups is 1. The Bertz CT molecular complexity index is 792. The number of halogens is 2. The van der Waals surface area contributed by atoms with Gasteiger partial charge in [0.25, 0.3) is 0 Å². The molecule has 0 spiro atoms. The lowest BCUT2D eigenvalue weighted by molar-refractivity contribution is 0.220. The molecule has 0 amide bonds. The zero-order valence-corrected chi connectivity index (χ0v) is 13.6. The Morgan fingerprint density at radius 1 is 0.739 bits per heavy atom. The highest BCUT2D eigenvalue weighted by molar-refractivity contribution is 6.39. The van der Waals surface area contributed by atoms with Gasteiger partial charge in [0.15, 0.2) is 0 Å². The van der Waals surface area contributed by atoms with E-state index in [1.54, 1.807) is 36.4 Å². The van der Waals surface area contributed by atoms with Gasteiger partial charge in [0.1, 0.15) is 11.9 Å². The summed E-state index contributed by atoms with van der Waals surface area (Å²) in [6.07, 6.45) is -0.792. The number of aliphatic hydroxyl groups is 1. The fourth-order valence-electron chi connectivity index (χ4n) is 2.48. The van der Waals surface area contributed by atoms with Crippen molar-refractivity contribution in [3.63, 3.8) is 0 Å². The number of aliphatic hydroxyl groups excluding tert-OH is 1. The highest BCUT2D eigenvalue weighted by Gasteiger charge is 2.16. The molecule has 0 aliphatic heterocycles. The van der Waals surface area contributed by atoms with Crippen LogP contribution >= 0.6 is 23.2 Å². The molecule has 0 fully saturated rings. The van der Waals surface area contributed by atoms with Crippen LogP contribution in [0.25, 0.3) is 11.1 Å². The van der Waals surface area contributed by atoms with E-state index in [2.05, 4.69) is 0 Å². The normalized spacial score (nSPS) is 12.1. The van der Waals surface area contributed by atoms with Crippen LogP contribution in [0.3, 0.4) is 0 Å². The smallest absolute Gasteiger partial charge is 0.115 e. The zero-order chi connectivity index (χ0) is 16.4. The van der Waals surface area contributed by atoms with Gasteiger partial charge in [-0.1, -0.05) is 65.7 Å². The van der Waals surface area contributed by atoms with Gasteiger partial charge in [-0.25, -0.2) is 0 Å². The lowest BCUT2D eigenvalue weighted by Gasteiger charge is -2.15. The first-order valence-electron chi connectivity index (χ1n) is 7.07. The Morgan fingerprint density at radius 3 is 1.87 bits per heavy atom. The van der Waals surface area contributed by atoms with Crippen molar-refractivity contribution in [2.75, 3.05) is 0 Å². The summed E-state index contributed by atoms with van der Waals surface area (Å²) >= 11 is 12.8. The summed E-state index contributed by atoms with van der Waals surface area (Å²) in [7, 11) is 0. The van der Waals surface area contributed by atoms with Gasteiger partial charge in [0.2, 0.25) is 0 Å². The van der Waals surface area contributed by atoms with Crippen molar-refractivity contribution < 1.29 is 10.2 Å². The molecule has 3 aromatic carbocycles. The van der Waals surface area contributed by atoms with Crippen molar-refractivity contribution in [3.05, 3.63) is 87.9 Å². The Kier molecular flexibility index (Phi) is 4.58. The van der Waals surface area contributed by atoms with Gasteiger partial charge in [-0.15, -0.1) is 0 Å². The molecule has 2 nitrogen and oxygen atoms in total. The summed E-state index contributed by atoms with van der Waals surface area (Å²) < 4.78 is 0. The summed E-state index contributed by atoms with van der Waals surface area (Å²) in [4.78, 5) is 0. The second-order valence-corrected chi connectivity index (χ2v) is 6.03. The lowest BCUT2D eigenvalue weighted by atomic mass is 9.98. The van der Waals surface area contributed by atoms with Crippen molar-refractivity contribution in [1.82, 2.24) is 0 Å². The van der Waals surface area contributed by atoms with E-state index in [4.69, 9.17) is 23.2 Å². The van der Waals surface area contributed by atoms with Crippen LogP contribution in [0.1, 0.15) is 17.2 Å². The molecule has 0 radical (unpaired) electrons.